The third-order valence-corrected chi connectivity index (χ3v) is 3.72. The predicted molar refractivity (Wildman–Crippen MR) is 110 cm³/mol. The highest BCUT2D eigenvalue weighted by Gasteiger charge is 2.25. The Morgan fingerprint density at radius 2 is 1.83 bits per heavy atom. The van der Waals surface area contributed by atoms with Crippen molar-refractivity contribution in [3.8, 4) is 0 Å². The van der Waals surface area contributed by atoms with Crippen molar-refractivity contribution in [1.29, 1.82) is 5.41 Å². The molecule has 6 N–H and O–H groups in total. The maximum absolute atomic E-state index is 12.4. The summed E-state index contributed by atoms with van der Waals surface area (Å²) in [6, 6.07) is 7.32. The molecule has 1 aromatic carbocycles. The second-order valence-electron chi connectivity index (χ2n) is 5.99. The summed E-state index contributed by atoms with van der Waals surface area (Å²) in [5.41, 5.74) is 6.02. The van der Waals surface area contributed by atoms with E-state index in [2.05, 4.69) is 20.7 Å². The van der Waals surface area contributed by atoms with Crippen LogP contribution in [0.25, 0.3) is 0 Å². The van der Waals surface area contributed by atoms with Gasteiger partial charge in [0.15, 0.2) is 5.96 Å². The van der Waals surface area contributed by atoms with Gasteiger partial charge < -0.3 is 31.2 Å². The monoisotopic (exact) mass is 429 g/mol. The number of guanidine groups is 1. The van der Waals surface area contributed by atoms with E-state index in [1.54, 1.807) is 0 Å². The molecule has 2 atom stereocenters. The predicted octanol–water partition coefficient (Wildman–Crippen LogP) is 0.644. The van der Waals surface area contributed by atoms with Crippen LogP contribution in [0.5, 0.6) is 0 Å². The van der Waals surface area contributed by atoms with E-state index in [1.807, 2.05) is 30.3 Å². The minimum absolute atomic E-state index is 0. The summed E-state index contributed by atoms with van der Waals surface area (Å²) in [6.07, 6.45) is -0.0572. The highest BCUT2D eigenvalue weighted by Crippen LogP contribution is 2.03. The van der Waals surface area contributed by atoms with E-state index in [0.717, 1.165) is 5.56 Å². The molecule has 0 aliphatic carbocycles. The number of carbonyl (C=O) groups excluding carboxylic acids is 3. The first-order valence-electron chi connectivity index (χ1n) is 8.76. The SMILES string of the molecule is COC(=O)[C@H](C)NC(=O)[C@H](CCCNC(=N)N)NC(=O)OCc1ccccc1.Cl. The maximum Gasteiger partial charge on any atom is 0.408 e. The number of alkyl carbamates (subject to hydrolysis) is 1. The molecule has 0 unspecified atom stereocenters. The molecule has 11 heteroatoms. The molecular formula is C18H28ClN5O5. The molecule has 29 heavy (non-hydrogen) atoms. The van der Waals surface area contributed by atoms with Crippen LogP contribution in [0.2, 0.25) is 0 Å². The maximum atomic E-state index is 12.4. The minimum atomic E-state index is -0.927. The molecule has 0 fully saturated rings. The van der Waals surface area contributed by atoms with Gasteiger partial charge in [0.2, 0.25) is 5.91 Å². The van der Waals surface area contributed by atoms with Crippen LogP contribution in [0, 0.1) is 5.41 Å². The first kappa shape index (κ1) is 26.0. The average Bonchev–Trinajstić information content (AvgIpc) is 2.68. The first-order valence-corrected chi connectivity index (χ1v) is 8.76. The Hall–Kier alpha value is -3.01. The summed E-state index contributed by atoms with van der Waals surface area (Å²) in [5.74, 6) is -1.33. The number of ether oxygens (including phenoxy) is 2. The molecule has 0 spiro atoms. The number of benzene rings is 1. The summed E-state index contributed by atoms with van der Waals surface area (Å²) in [5, 5.41) is 14.7. The molecule has 10 nitrogen and oxygen atoms in total. The summed E-state index contributed by atoms with van der Waals surface area (Å²) < 4.78 is 9.71. The van der Waals surface area contributed by atoms with E-state index >= 15 is 0 Å². The van der Waals surface area contributed by atoms with Crippen LogP contribution in [0.15, 0.2) is 30.3 Å². The average molecular weight is 430 g/mol. The second kappa shape index (κ2) is 14.1. The molecule has 162 valence electrons. The van der Waals surface area contributed by atoms with Crippen molar-refractivity contribution in [1.82, 2.24) is 16.0 Å². The molecule has 0 heterocycles. The van der Waals surface area contributed by atoms with Crippen LogP contribution in [0.3, 0.4) is 0 Å². The van der Waals surface area contributed by atoms with Crippen LogP contribution in [-0.2, 0) is 25.7 Å². The highest BCUT2D eigenvalue weighted by molar-refractivity contribution is 5.89. The zero-order valence-electron chi connectivity index (χ0n) is 16.4. The molecule has 0 radical (unpaired) electrons. The van der Waals surface area contributed by atoms with Gasteiger partial charge in [0, 0.05) is 6.54 Å². The Bertz CT molecular complexity index is 674. The standard InChI is InChI=1S/C18H27N5O5.ClH/c1-12(16(25)27-2)22-15(24)14(9-6-10-21-17(19)20)23-18(26)28-11-13-7-4-3-5-8-13;/h3-5,7-8,12,14H,6,9-11H2,1-2H3,(H,22,24)(H,23,26)(H4,19,20,21);1H/t12-,14-;/m0./s1. The number of halogens is 1. The largest absolute Gasteiger partial charge is 0.467 e. The van der Waals surface area contributed by atoms with Gasteiger partial charge in [-0.3, -0.25) is 10.2 Å². The lowest BCUT2D eigenvalue weighted by atomic mass is 10.1. The quantitative estimate of drug-likeness (QED) is 0.158. The van der Waals surface area contributed by atoms with Crippen molar-refractivity contribution in [3.05, 3.63) is 35.9 Å². The Kier molecular flexibility index (Phi) is 12.6. The number of methoxy groups -OCH3 is 1. The van der Waals surface area contributed by atoms with Gasteiger partial charge in [-0.25, -0.2) is 9.59 Å². The number of carbonyl (C=O) groups is 3. The van der Waals surface area contributed by atoms with Crippen molar-refractivity contribution < 1.29 is 23.9 Å². The normalized spacial score (nSPS) is 11.8. The van der Waals surface area contributed by atoms with Gasteiger partial charge in [-0.1, -0.05) is 30.3 Å². The van der Waals surface area contributed by atoms with Gasteiger partial charge in [-0.15, -0.1) is 12.4 Å². The Morgan fingerprint density at radius 3 is 2.41 bits per heavy atom. The number of amides is 2. The molecule has 0 aliphatic rings. The van der Waals surface area contributed by atoms with Crippen molar-refractivity contribution in [2.24, 2.45) is 5.73 Å². The molecule has 0 aromatic heterocycles. The molecule has 1 rings (SSSR count). The summed E-state index contributed by atoms with van der Waals surface area (Å²) >= 11 is 0. The zero-order valence-corrected chi connectivity index (χ0v) is 17.2. The third-order valence-electron chi connectivity index (χ3n) is 3.72. The fraction of sp³-hybridized carbons (Fsp3) is 0.444. The summed E-state index contributed by atoms with van der Waals surface area (Å²) in [4.78, 5) is 36.0. The van der Waals surface area contributed by atoms with Gasteiger partial charge in [-0.05, 0) is 25.3 Å². The van der Waals surface area contributed by atoms with Crippen molar-refractivity contribution >= 4 is 36.3 Å². The van der Waals surface area contributed by atoms with Gasteiger partial charge in [0.25, 0.3) is 0 Å². The van der Waals surface area contributed by atoms with Crippen LogP contribution in [0.1, 0.15) is 25.3 Å². The second-order valence-corrected chi connectivity index (χ2v) is 5.99. The van der Waals surface area contributed by atoms with Crippen LogP contribution in [-0.4, -0.2) is 49.7 Å². The summed E-state index contributed by atoms with van der Waals surface area (Å²) in [6.45, 7) is 1.89. The zero-order chi connectivity index (χ0) is 20.9. The van der Waals surface area contributed by atoms with Crippen LogP contribution in [0.4, 0.5) is 4.79 Å². The van der Waals surface area contributed by atoms with E-state index in [1.165, 1.54) is 14.0 Å². The van der Waals surface area contributed by atoms with Crippen molar-refractivity contribution in [2.75, 3.05) is 13.7 Å². The Balaban J connectivity index is 0.00000784. The molecule has 1 aromatic rings. The summed E-state index contributed by atoms with van der Waals surface area (Å²) in [7, 11) is 1.22. The molecule has 0 saturated carbocycles. The first-order chi connectivity index (χ1) is 13.3. The van der Waals surface area contributed by atoms with Crippen molar-refractivity contribution in [3.63, 3.8) is 0 Å². The molecular weight excluding hydrogens is 402 g/mol. The van der Waals surface area contributed by atoms with E-state index in [-0.39, 0.29) is 31.4 Å². The van der Waals surface area contributed by atoms with Gasteiger partial charge in [-0.2, -0.15) is 0 Å². The van der Waals surface area contributed by atoms with Gasteiger partial charge >= 0.3 is 12.1 Å². The number of hydrogen-bond acceptors (Lipinski definition) is 6. The molecule has 0 saturated heterocycles. The fourth-order valence-electron chi connectivity index (χ4n) is 2.25. The topological polar surface area (TPSA) is 156 Å². The molecule has 0 bridgehead atoms. The highest BCUT2D eigenvalue weighted by atomic mass is 35.5. The van der Waals surface area contributed by atoms with Gasteiger partial charge in [0.1, 0.15) is 18.7 Å². The third kappa shape index (κ3) is 10.8. The minimum Gasteiger partial charge on any atom is -0.467 e. The van der Waals surface area contributed by atoms with Crippen LogP contribution >= 0.6 is 12.4 Å². The Labute approximate surface area is 175 Å². The molecule has 0 aliphatic heterocycles. The number of hydrogen-bond donors (Lipinski definition) is 5. The lowest BCUT2D eigenvalue weighted by Crippen LogP contribution is -2.51. The number of nitrogens with two attached hydrogens (primary N) is 1. The van der Waals surface area contributed by atoms with E-state index < -0.39 is 30.1 Å². The smallest absolute Gasteiger partial charge is 0.408 e. The van der Waals surface area contributed by atoms with Gasteiger partial charge in [0.05, 0.1) is 7.11 Å². The lowest BCUT2D eigenvalue weighted by Gasteiger charge is -2.20. The van der Waals surface area contributed by atoms with E-state index in [9.17, 15) is 14.4 Å². The fourth-order valence-corrected chi connectivity index (χ4v) is 2.25. The molecule has 2 amide bonds. The number of rotatable bonds is 10. The number of nitrogens with one attached hydrogen (secondary N) is 4. The van der Waals surface area contributed by atoms with E-state index in [0.29, 0.717) is 13.0 Å². The number of esters is 1. The van der Waals surface area contributed by atoms with E-state index in [4.69, 9.17) is 15.9 Å². The van der Waals surface area contributed by atoms with Crippen LogP contribution < -0.4 is 21.7 Å². The van der Waals surface area contributed by atoms with Crippen molar-refractivity contribution in [2.45, 2.75) is 38.5 Å². The Morgan fingerprint density at radius 1 is 1.17 bits per heavy atom. The lowest BCUT2D eigenvalue weighted by molar-refractivity contribution is -0.144.